The maximum Gasteiger partial charge on any atom is 0.435 e. The zero-order valence-electron chi connectivity index (χ0n) is 16.0. The standard InChI is InChI=1S/C15H25F3N6O2S.HI/c1-4-27(25,26)24-7-5-12(6-8-24)21-14(19-2)20-9-11-10-23(3)22-13(11)15(16,17)18;/h10,12H,4-9H2,1-3H3,(H2,19,20,21);1H. The van der Waals surface area contributed by atoms with Crippen LogP contribution in [0.4, 0.5) is 13.2 Å². The normalized spacial score (nSPS) is 17.3. The molecular weight excluding hydrogens is 512 g/mol. The maximum absolute atomic E-state index is 13.0. The van der Waals surface area contributed by atoms with Crippen LogP contribution in [0.1, 0.15) is 31.0 Å². The molecule has 8 nitrogen and oxygen atoms in total. The Morgan fingerprint density at radius 1 is 1.36 bits per heavy atom. The molecule has 13 heteroatoms. The zero-order chi connectivity index (χ0) is 20.2. The predicted octanol–water partition coefficient (Wildman–Crippen LogP) is 1.54. The maximum atomic E-state index is 13.0. The Morgan fingerprint density at radius 2 is 1.96 bits per heavy atom. The first-order chi connectivity index (χ1) is 12.6. The van der Waals surface area contributed by atoms with Crippen molar-refractivity contribution >= 4 is 40.0 Å². The first-order valence-electron chi connectivity index (χ1n) is 8.61. The van der Waals surface area contributed by atoms with Gasteiger partial charge in [0.05, 0.1) is 5.75 Å². The Kier molecular flexibility index (Phi) is 8.99. The fourth-order valence-electron chi connectivity index (χ4n) is 2.93. The molecule has 0 saturated carbocycles. The summed E-state index contributed by atoms with van der Waals surface area (Å²) in [5.41, 5.74) is -0.900. The topological polar surface area (TPSA) is 91.6 Å². The highest BCUT2D eigenvalue weighted by Crippen LogP contribution is 2.30. The van der Waals surface area contributed by atoms with Crippen molar-refractivity contribution < 1.29 is 21.6 Å². The first-order valence-corrected chi connectivity index (χ1v) is 10.2. The minimum atomic E-state index is -4.52. The zero-order valence-corrected chi connectivity index (χ0v) is 19.1. The smallest absolute Gasteiger partial charge is 0.354 e. The fourth-order valence-corrected chi connectivity index (χ4v) is 4.07. The van der Waals surface area contributed by atoms with Crippen LogP contribution in [-0.4, -0.2) is 60.4 Å². The molecule has 1 aromatic heterocycles. The lowest BCUT2D eigenvalue weighted by Gasteiger charge is -2.32. The van der Waals surface area contributed by atoms with Crippen molar-refractivity contribution in [3.05, 3.63) is 17.5 Å². The van der Waals surface area contributed by atoms with Crippen molar-refractivity contribution in [3.63, 3.8) is 0 Å². The molecule has 2 rings (SSSR count). The lowest BCUT2D eigenvalue weighted by molar-refractivity contribution is -0.142. The first kappa shape index (κ1) is 24.9. The molecule has 2 heterocycles. The summed E-state index contributed by atoms with van der Waals surface area (Å²) in [6, 6.07) is -0.00417. The van der Waals surface area contributed by atoms with Crippen LogP contribution in [0.5, 0.6) is 0 Å². The van der Waals surface area contributed by atoms with Gasteiger partial charge in [-0.3, -0.25) is 9.67 Å². The fraction of sp³-hybridized carbons (Fsp3) is 0.733. The van der Waals surface area contributed by atoms with Crippen LogP contribution in [0.25, 0.3) is 0 Å². The molecular formula is C15H26F3IN6O2S. The number of halogens is 4. The summed E-state index contributed by atoms with van der Waals surface area (Å²) >= 11 is 0. The molecule has 0 aromatic carbocycles. The van der Waals surface area contributed by atoms with E-state index in [0.717, 1.165) is 4.68 Å². The van der Waals surface area contributed by atoms with Crippen LogP contribution in [0.2, 0.25) is 0 Å². The minimum Gasteiger partial charge on any atom is -0.354 e. The number of hydrogen-bond donors (Lipinski definition) is 2. The number of alkyl halides is 3. The minimum absolute atomic E-state index is 0. The number of hydrogen-bond acceptors (Lipinski definition) is 4. The van der Waals surface area contributed by atoms with Crippen LogP contribution in [0.15, 0.2) is 11.2 Å². The number of rotatable bonds is 5. The second-order valence-electron chi connectivity index (χ2n) is 6.32. The summed E-state index contributed by atoms with van der Waals surface area (Å²) in [6.45, 7) is 2.35. The summed E-state index contributed by atoms with van der Waals surface area (Å²) in [5, 5.41) is 9.47. The highest BCUT2D eigenvalue weighted by Gasteiger charge is 2.36. The Morgan fingerprint density at radius 3 is 2.46 bits per heavy atom. The Balaban J connectivity index is 0.00000392. The quantitative estimate of drug-likeness (QED) is 0.337. The summed E-state index contributed by atoms with van der Waals surface area (Å²) in [7, 11) is -0.235. The Bertz CT molecular complexity index is 773. The van der Waals surface area contributed by atoms with E-state index in [1.807, 2.05) is 0 Å². The van der Waals surface area contributed by atoms with Gasteiger partial charge in [-0.15, -0.1) is 24.0 Å². The van der Waals surface area contributed by atoms with Crippen molar-refractivity contribution in [1.29, 1.82) is 0 Å². The third-order valence-electron chi connectivity index (χ3n) is 4.40. The largest absolute Gasteiger partial charge is 0.435 e. The summed E-state index contributed by atoms with van der Waals surface area (Å²) in [4.78, 5) is 4.03. The van der Waals surface area contributed by atoms with Crippen molar-refractivity contribution in [3.8, 4) is 0 Å². The molecule has 2 N–H and O–H groups in total. The van der Waals surface area contributed by atoms with Gasteiger partial charge in [-0.2, -0.15) is 18.3 Å². The van der Waals surface area contributed by atoms with E-state index in [4.69, 9.17) is 0 Å². The van der Waals surface area contributed by atoms with Crippen molar-refractivity contribution in [1.82, 2.24) is 24.7 Å². The molecule has 1 aliphatic heterocycles. The number of nitrogens with zero attached hydrogens (tertiary/aromatic N) is 4. The van der Waals surface area contributed by atoms with Gasteiger partial charge < -0.3 is 10.6 Å². The summed E-state index contributed by atoms with van der Waals surface area (Å²) in [5.74, 6) is 0.435. The molecule has 0 radical (unpaired) electrons. The number of nitrogens with one attached hydrogen (secondary N) is 2. The third-order valence-corrected chi connectivity index (χ3v) is 6.28. The molecule has 1 aliphatic rings. The van der Waals surface area contributed by atoms with Gasteiger partial charge in [0.1, 0.15) is 0 Å². The highest BCUT2D eigenvalue weighted by atomic mass is 127. The Labute approximate surface area is 180 Å². The molecule has 1 saturated heterocycles. The second kappa shape index (κ2) is 10.1. The van der Waals surface area contributed by atoms with Crippen LogP contribution in [0, 0.1) is 0 Å². The van der Waals surface area contributed by atoms with E-state index in [0.29, 0.717) is 31.9 Å². The average Bonchev–Trinajstić information content (AvgIpc) is 3.00. The van der Waals surface area contributed by atoms with E-state index in [1.165, 1.54) is 24.6 Å². The molecule has 162 valence electrons. The lowest BCUT2D eigenvalue weighted by Crippen LogP contribution is -2.49. The van der Waals surface area contributed by atoms with E-state index in [-0.39, 0.29) is 47.9 Å². The highest BCUT2D eigenvalue weighted by molar-refractivity contribution is 14.0. The van der Waals surface area contributed by atoms with Gasteiger partial charge in [-0.25, -0.2) is 12.7 Å². The summed E-state index contributed by atoms with van der Waals surface area (Å²) in [6.07, 6.45) is -2.01. The molecule has 0 bridgehead atoms. The lowest BCUT2D eigenvalue weighted by atomic mass is 10.1. The van der Waals surface area contributed by atoms with E-state index >= 15 is 0 Å². The molecule has 0 atom stereocenters. The van der Waals surface area contributed by atoms with Gasteiger partial charge in [-0.1, -0.05) is 0 Å². The van der Waals surface area contributed by atoms with Gasteiger partial charge in [-0.05, 0) is 19.8 Å². The molecule has 28 heavy (non-hydrogen) atoms. The van der Waals surface area contributed by atoms with Gasteiger partial charge in [0.25, 0.3) is 0 Å². The van der Waals surface area contributed by atoms with Gasteiger partial charge >= 0.3 is 6.18 Å². The summed E-state index contributed by atoms with van der Waals surface area (Å²) < 4.78 is 65.4. The van der Waals surface area contributed by atoms with Gasteiger partial charge in [0, 0.05) is 51.5 Å². The molecule has 0 amide bonds. The number of aliphatic imine (C=N–C) groups is 1. The van der Waals surface area contributed by atoms with Gasteiger partial charge in [0.2, 0.25) is 10.0 Å². The van der Waals surface area contributed by atoms with E-state index in [1.54, 1.807) is 6.92 Å². The SMILES string of the molecule is CCS(=O)(=O)N1CCC(NC(=NC)NCc2cn(C)nc2C(F)(F)F)CC1.I. The van der Waals surface area contributed by atoms with Crippen LogP contribution < -0.4 is 10.6 Å². The molecule has 0 spiro atoms. The van der Waals surface area contributed by atoms with Gasteiger partial charge in [0.15, 0.2) is 11.7 Å². The Hall–Kier alpha value is -1.09. The van der Waals surface area contributed by atoms with Crippen molar-refractivity contribution in [2.75, 3.05) is 25.9 Å². The molecule has 1 aromatic rings. The molecule has 0 unspecified atom stereocenters. The molecule has 0 aliphatic carbocycles. The van der Waals surface area contributed by atoms with Crippen molar-refractivity contribution in [2.24, 2.45) is 12.0 Å². The number of piperidine rings is 1. The van der Waals surface area contributed by atoms with Crippen molar-refractivity contribution in [2.45, 2.75) is 38.5 Å². The van der Waals surface area contributed by atoms with Crippen LogP contribution in [-0.2, 0) is 29.8 Å². The van der Waals surface area contributed by atoms with Crippen LogP contribution in [0.3, 0.4) is 0 Å². The van der Waals surface area contributed by atoms with E-state index < -0.39 is 21.9 Å². The second-order valence-corrected chi connectivity index (χ2v) is 8.58. The van der Waals surface area contributed by atoms with E-state index in [2.05, 4.69) is 20.7 Å². The van der Waals surface area contributed by atoms with E-state index in [9.17, 15) is 21.6 Å². The number of sulfonamides is 1. The molecule has 1 fully saturated rings. The average molecular weight is 538 g/mol. The van der Waals surface area contributed by atoms with Crippen LogP contribution >= 0.6 is 24.0 Å². The predicted molar refractivity (Wildman–Crippen MR) is 111 cm³/mol. The third kappa shape index (κ3) is 6.47. The number of guanidine groups is 1. The monoisotopic (exact) mass is 538 g/mol. The number of aromatic nitrogens is 2. The number of aryl methyl sites for hydroxylation is 1.